The largest absolute Gasteiger partial charge is 0.497 e. The van der Waals surface area contributed by atoms with E-state index in [9.17, 15) is 9.59 Å². The number of methoxy groups -OCH3 is 3. The minimum Gasteiger partial charge on any atom is -0.497 e. The molecule has 0 aliphatic carbocycles. The molecule has 2 aromatic rings. The van der Waals surface area contributed by atoms with Crippen molar-refractivity contribution < 1.29 is 23.8 Å². The molecule has 0 spiro atoms. The van der Waals surface area contributed by atoms with Crippen molar-refractivity contribution in [2.45, 2.75) is 0 Å². The average molecular weight is 371 g/mol. The first-order valence-electron chi connectivity index (χ1n) is 8.03. The second-order valence-electron chi connectivity index (χ2n) is 5.32. The first kappa shape index (κ1) is 19.8. The van der Waals surface area contributed by atoms with E-state index in [1.54, 1.807) is 49.6 Å². The maximum absolute atomic E-state index is 12.0. The van der Waals surface area contributed by atoms with Crippen molar-refractivity contribution in [3.05, 3.63) is 53.6 Å². The minimum atomic E-state index is -0.463. The van der Waals surface area contributed by atoms with Gasteiger partial charge in [0.25, 0.3) is 11.8 Å². The normalized spacial score (nSPS) is 10.3. The van der Waals surface area contributed by atoms with E-state index in [0.717, 1.165) is 0 Å². The highest BCUT2D eigenvalue weighted by atomic mass is 16.5. The Labute approximate surface area is 157 Å². The number of rotatable bonds is 8. The van der Waals surface area contributed by atoms with E-state index in [4.69, 9.17) is 14.2 Å². The molecule has 0 bridgehead atoms. The molecule has 142 valence electrons. The van der Waals surface area contributed by atoms with Crippen molar-refractivity contribution in [2.75, 3.05) is 27.9 Å². The van der Waals surface area contributed by atoms with Gasteiger partial charge in [-0.25, -0.2) is 5.43 Å². The fourth-order valence-corrected chi connectivity index (χ4v) is 2.17. The van der Waals surface area contributed by atoms with E-state index in [1.807, 2.05) is 0 Å². The van der Waals surface area contributed by atoms with Gasteiger partial charge >= 0.3 is 0 Å². The SMILES string of the molecule is COc1cccc(C(=O)NCC(=O)N/N=C/c2ccc(OC)cc2OC)c1. The van der Waals surface area contributed by atoms with Gasteiger partial charge in [-0.2, -0.15) is 5.10 Å². The van der Waals surface area contributed by atoms with Crippen LogP contribution in [0.2, 0.25) is 0 Å². The lowest BCUT2D eigenvalue weighted by Crippen LogP contribution is -2.34. The first-order valence-corrected chi connectivity index (χ1v) is 8.03. The Kier molecular flexibility index (Phi) is 7.18. The minimum absolute atomic E-state index is 0.215. The van der Waals surface area contributed by atoms with E-state index in [-0.39, 0.29) is 12.5 Å². The van der Waals surface area contributed by atoms with Gasteiger partial charge in [0, 0.05) is 17.2 Å². The third-order valence-electron chi connectivity index (χ3n) is 3.57. The number of hydrogen-bond acceptors (Lipinski definition) is 6. The number of nitrogens with one attached hydrogen (secondary N) is 2. The molecule has 2 amide bonds. The molecule has 0 saturated carbocycles. The molecular formula is C19H21N3O5. The first-order chi connectivity index (χ1) is 13.1. The molecule has 0 fully saturated rings. The zero-order valence-electron chi connectivity index (χ0n) is 15.3. The molecule has 0 atom stereocenters. The molecule has 0 unspecified atom stereocenters. The van der Waals surface area contributed by atoms with Crippen LogP contribution in [0.1, 0.15) is 15.9 Å². The Hall–Kier alpha value is -3.55. The summed E-state index contributed by atoms with van der Waals surface area (Å²) >= 11 is 0. The summed E-state index contributed by atoms with van der Waals surface area (Å²) in [6, 6.07) is 11.8. The van der Waals surface area contributed by atoms with Gasteiger partial charge in [0.2, 0.25) is 0 Å². The molecule has 8 heteroatoms. The lowest BCUT2D eigenvalue weighted by Gasteiger charge is -2.07. The van der Waals surface area contributed by atoms with Crippen LogP contribution in [0.3, 0.4) is 0 Å². The van der Waals surface area contributed by atoms with Crippen LogP contribution in [-0.2, 0) is 4.79 Å². The molecule has 0 aliphatic rings. The van der Waals surface area contributed by atoms with Crippen LogP contribution >= 0.6 is 0 Å². The van der Waals surface area contributed by atoms with Crippen LogP contribution in [0, 0.1) is 0 Å². The number of carbonyl (C=O) groups excluding carboxylic acids is 2. The Morgan fingerprint density at radius 3 is 2.44 bits per heavy atom. The predicted molar refractivity (Wildman–Crippen MR) is 101 cm³/mol. The van der Waals surface area contributed by atoms with Gasteiger partial charge in [0.15, 0.2) is 0 Å². The molecule has 27 heavy (non-hydrogen) atoms. The number of carbonyl (C=O) groups is 2. The summed E-state index contributed by atoms with van der Waals surface area (Å²) in [5.41, 5.74) is 3.41. The molecule has 0 aliphatic heterocycles. The second-order valence-corrected chi connectivity index (χ2v) is 5.32. The molecule has 8 nitrogen and oxygen atoms in total. The summed E-state index contributed by atoms with van der Waals surface area (Å²) in [5, 5.41) is 6.38. The third kappa shape index (κ3) is 5.74. The number of nitrogens with zero attached hydrogens (tertiary/aromatic N) is 1. The van der Waals surface area contributed by atoms with E-state index >= 15 is 0 Å². The Bertz CT molecular complexity index is 836. The molecule has 0 aromatic heterocycles. The molecule has 0 radical (unpaired) electrons. The van der Waals surface area contributed by atoms with Gasteiger partial charge in [-0.1, -0.05) is 6.07 Å². The number of hydrazone groups is 1. The molecular weight excluding hydrogens is 350 g/mol. The van der Waals surface area contributed by atoms with Crippen LogP contribution in [-0.4, -0.2) is 45.9 Å². The van der Waals surface area contributed by atoms with Crippen LogP contribution in [0.4, 0.5) is 0 Å². The topological polar surface area (TPSA) is 98.2 Å². The van der Waals surface area contributed by atoms with Gasteiger partial charge in [-0.3, -0.25) is 9.59 Å². The average Bonchev–Trinajstić information content (AvgIpc) is 2.72. The van der Waals surface area contributed by atoms with Crippen molar-refractivity contribution >= 4 is 18.0 Å². The summed E-state index contributed by atoms with van der Waals surface area (Å²) in [4.78, 5) is 23.9. The van der Waals surface area contributed by atoms with Crippen molar-refractivity contribution in [3.8, 4) is 17.2 Å². The summed E-state index contributed by atoms with van der Waals surface area (Å²) in [6.45, 7) is -0.215. The van der Waals surface area contributed by atoms with E-state index in [2.05, 4.69) is 15.8 Å². The molecule has 2 rings (SSSR count). The monoisotopic (exact) mass is 371 g/mol. The summed E-state index contributed by atoms with van der Waals surface area (Å²) in [7, 11) is 4.60. The van der Waals surface area contributed by atoms with Gasteiger partial charge in [0.05, 0.1) is 34.1 Å². The lowest BCUT2D eigenvalue weighted by atomic mass is 10.2. The van der Waals surface area contributed by atoms with Crippen LogP contribution in [0.15, 0.2) is 47.6 Å². The summed E-state index contributed by atoms with van der Waals surface area (Å²) < 4.78 is 15.4. The van der Waals surface area contributed by atoms with E-state index in [0.29, 0.717) is 28.4 Å². The highest BCUT2D eigenvalue weighted by molar-refractivity contribution is 5.96. The van der Waals surface area contributed by atoms with Crippen molar-refractivity contribution in [1.82, 2.24) is 10.7 Å². The fourth-order valence-electron chi connectivity index (χ4n) is 2.17. The Morgan fingerprint density at radius 2 is 1.74 bits per heavy atom. The number of ether oxygens (including phenoxy) is 3. The lowest BCUT2D eigenvalue weighted by molar-refractivity contribution is -0.120. The fraction of sp³-hybridized carbons (Fsp3) is 0.211. The van der Waals surface area contributed by atoms with Gasteiger partial charge in [-0.15, -0.1) is 0 Å². The number of amides is 2. The number of hydrogen-bond donors (Lipinski definition) is 2. The van der Waals surface area contributed by atoms with Crippen molar-refractivity contribution in [3.63, 3.8) is 0 Å². The Balaban J connectivity index is 1.87. The second kappa shape index (κ2) is 9.81. The van der Waals surface area contributed by atoms with Gasteiger partial charge < -0.3 is 19.5 Å². The molecule has 2 N–H and O–H groups in total. The quantitative estimate of drug-likeness (QED) is 0.542. The van der Waals surface area contributed by atoms with Crippen molar-refractivity contribution in [2.24, 2.45) is 5.10 Å². The maximum Gasteiger partial charge on any atom is 0.259 e. The highest BCUT2D eigenvalue weighted by Crippen LogP contribution is 2.22. The van der Waals surface area contributed by atoms with Gasteiger partial charge in [0.1, 0.15) is 17.2 Å². The molecule has 0 saturated heterocycles. The highest BCUT2D eigenvalue weighted by Gasteiger charge is 2.08. The predicted octanol–water partition coefficient (Wildman–Crippen LogP) is 1.59. The van der Waals surface area contributed by atoms with E-state index in [1.165, 1.54) is 20.4 Å². The van der Waals surface area contributed by atoms with Crippen LogP contribution < -0.4 is 25.0 Å². The van der Waals surface area contributed by atoms with Crippen molar-refractivity contribution in [1.29, 1.82) is 0 Å². The molecule has 0 heterocycles. The van der Waals surface area contributed by atoms with E-state index < -0.39 is 5.91 Å². The van der Waals surface area contributed by atoms with Crippen LogP contribution in [0.5, 0.6) is 17.2 Å². The third-order valence-corrected chi connectivity index (χ3v) is 3.57. The van der Waals surface area contributed by atoms with Crippen LogP contribution in [0.25, 0.3) is 0 Å². The zero-order valence-corrected chi connectivity index (χ0v) is 15.3. The maximum atomic E-state index is 12.0. The number of benzene rings is 2. The smallest absolute Gasteiger partial charge is 0.259 e. The van der Waals surface area contributed by atoms with Gasteiger partial charge in [-0.05, 0) is 30.3 Å². The molecule has 2 aromatic carbocycles. The summed E-state index contributed by atoms with van der Waals surface area (Å²) in [5.74, 6) is 0.914. The zero-order chi connectivity index (χ0) is 19.6. The Morgan fingerprint density at radius 1 is 1.00 bits per heavy atom. The standard InChI is InChI=1S/C19H21N3O5/c1-25-15-6-4-5-13(9-15)19(24)20-12-18(23)22-21-11-14-7-8-16(26-2)10-17(14)27-3/h4-11H,12H2,1-3H3,(H,20,24)(H,22,23)/b21-11+. The summed E-state index contributed by atoms with van der Waals surface area (Å²) in [6.07, 6.45) is 1.44.